The normalized spacial score (nSPS) is 19.3. The number of thioether (sulfide) groups is 1. The molecule has 1 saturated heterocycles. The van der Waals surface area contributed by atoms with Gasteiger partial charge in [-0.1, -0.05) is 85.5 Å². The van der Waals surface area contributed by atoms with E-state index < -0.39 is 5.25 Å². The molecule has 0 aliphatic carbocycles. The summed E-state index contributed by atoms with van der Waals surface area (Å²) in [5.41, 5.74) is 5.19. The van der Waals surface area contributed by atoms with Crippen LogP contribution in [-0.2, 0) is 17.8 Å². The highest BCUT2D eigenvalue weighted by atomic mass is 32.2. The van der Waals surface area contributed by atoms with Gasteiger partial charge in [0.05, 0.1) is 0 Å². The quantitative estimate of drug-likeness (QED) is 0.451. The molecular weight excluding hydrogens is 486 g/mol. The van der Waals surface area contributed by atoms with Gasteiger partial charge < -0.3 is 14.8 Å². The number of pyridine rings is 1. The number of thiocarbonyl (C=S) groups is 1. The second-order valence-corrected chi connectivity index (χ2v) is 11.5. The zero-order chi connectivity index (χ0) is 25.2. The van der Waals surface area contributed by atoms with Crippen molar-refractivity contribution < 1.29 is 4.79 Å². The number of anilines is 1. The largest absolute Gasteiger partial charge is 0.356 e. The maximum Gasteiger partial charge on any atom is 0.250 e. The van der Waals surface area contributed by atoms with Crippen molar-refractivity contribution in [1.29, 1.82) is 0 Å². The molecule has 5 rings (SSSR count). The van der Waals surface area contributed by atoms with Crippen LogP contribution in [-0.4, -0.2) is 32.8 Å². The van der Waals surface area contributed by atoms with E-state index in [1.54, 1.807) is 6.07 Å². The smallest absolute Gasteiger partial charge is 0.250 e. The summed E-state index contributed by atoms with van der Waals surface area (Å²) in [5.74, 6) is 0.581. The van der Waals surface area contributed by atoms with Crippen molar-refractivity contribution >= 4 is 39.9 Å². The number of aromatic nitrogens is 1. The number of nitrogens with zero attached hydrogens (tertiary/aromatic N) is 2. The lowest BCUT2D eigenvalue weighted by atomic mass is 9.83. The summed E-state index contributed by atoms with van der Waals surface area (Å²) >= 11 is 7.40. The van der Waals surface area contributed by atoms with E-state index in [2.05, 4.69) is 29.3 Å². The lowest BCUT2D eigenvalue weighted by molar-refractivity contribution is -0.115. The first-order chi connectivity index (χ1) is 17.4. The first-order valence-corrected chi connectivity index (χ1v) is 13.8. The number of hydrogen-bond donors (Lipinski definition) is 1. The fourth-order valence-corrected chi connectivity index (χ4v) is 6.91. The lowest BCUT2D eigenvalue weighted by Crippen LogP contribution is -2.48. The Kier molecular flexibility index (Phi) is 7.30. The molecule has 3 heterocycles. The molecule has 3 atom stereocenters. The number of para-hydroxylation sites is 1. The molecule has 2 aromatic carbocycles. The van der Waals surface area contributed by atoms with E-state index in [1.165, 1.54) is 11.8 Å². The monoisotopic (exact) mass is 517 g/mol. The Bertz CT molecular complexity index is 1340. The van der Waals surface area contributed by atoms with E-state index in [0.717, 1.165) is 64.9 Å². The van der Waals surface area contributed by atoms with E-state index in [-0.39, 0.29) is 17.4 Å². The highest BCUT2D eigenvalue weighted by Gasteiger charge is 2.36. The Morgan fingerprint density at radius 3 is 2.61 bits per heavy atom. The van der Waals surface area contributed by atoms with Crippen LogP contribution in [0.4, 0.5) is 5.69 Å². The average Bonchev–Trinajstić information content (AvgIpc) is 2.89. The topological polar surface area (TPSA) is 54.3 Å². The lowest BCUT2D eigenvalue weighted by Gasteiger charge is -2.43. The maximum absolute atomic E-state index is 13.7. The number of likely N-dealkylation sites (tertiary alicyclic amines) is 1. The maximum atomic E-state index is 13.7. The minimum atomic E-state index is -0.459. The van der Waals surface area contributed by atoms with Crippen LogP contribution in [0.15, 0.2) is 71.5 Å². The van der Waals surface area contributed by atoms with E-state index in [4.69, 9.17) is 12.2 Å². The van der Waals surface area contributed by atoms with Gasteiger partial charge in [0, 0.05) is 43.0 Å². The average molecular weight is 518 g/mol. The van der Waals surface area contributed by atoms with Crippen LogP contribution in [0.2, 0.25) is 0 Å². The minimum absolute atomic E-state index is 0.0633. The number of fused-ring (bicyclic) bond motifs is 4. The molecule has 0 unspecified atom stereocenters. The van der Waals surface area contributed by atoms with E-state index in [1.807, 2.05) is 60.0 Å². The van der Waals surface area contributed by atoms with Crippen molar-refractivity contribution in [1.82, 2.24) is 9.47 Å². The summed E-state index contributed by atoms with van der Waals surface area (Å²) in [6.07, 6.45) is 1.92. The molecule has 186 valence electrons. The molecule has 3 aromatic rings. The zero-order valence-corrected chi connectivity index (χ0v) is 22.3. The van der Waals surface area contributed by atoms with Crippen molar-refractivity contribution in [3.8, 4) is 0 Å². The Labute approximate surface area is 221 Å². The molecule has 2 bridgehead atoms. The summed E-state index contributed by atoms with van der Waals surface area (Å²) in [5, 5.41) is 2.76. The molecule has 7 heteroatoms. The number of aryl methyl sites for hydroxylation is 2. The second-order valence-electron chi connectivity index (χ2n) is 9.73. The number of nitrogens with one attached hydrogen (secondary N) is 1. The molecule has 0 spiro atoms. The molecule has 1 N–H and O–H groups in total. The van der Waals surface area contributed by atoms with Crippen LogP contribution in [0, 0.1) is 12.8 Å². The molecule has 1 amide bonds. The van der Waals surface area contributed by atoms with Gasteiger partial charge in [-0.2, -0.15) is 0 Å². The van der Waals surface area contributed by atoms with Gasteiger partial charge in [-0.25, -0.2) is 0 Å². The van der Waals surface area contributed by atoms with Gasteiger partial charge in [-0.15, -0.1) is 0 Å². The van der Waals surface area contributed by atoms with Gasteiger partial charge in [0.25, 0.3) is 5.56 Å². The van der Waals surface area contributed by atoms with Gasteiger partial charge in [0.2, 0.25) is 5.91 Å². The summed E-state index contributed by atoms with van der Waals surface area (Å²) in [4.78, 5) is 28.3. The third kappa shape index (κ3) is 5.00. The Morgan fingerprint density at radius 1 is 1.06 bits per heavy atom. The number of carbonyl (C=O) groups excluding carboxylic acids is 1. The predicted molar refractivity (Wildman–Crippen MR) is 152 cm³/mol. The number of amides is 1. The molecule has 0 radical (unpaired) electrons. The standard InChI is InChI=1S/C29H31N3O2S2/c1-3-21-12-7-9-19(2)26(21)30-28(34)27(22-10-5-4-6-11-22)36-29(35)31-16-20-15-23(18-31)24-13-8-14-25(33)32(24)17-20/h4-14,20,23,27H,3,15-18H2,1-2H3,(H,30,34)/t20-,23-,27-/m0/s1. The first kappa shape index (κ1) is 24.8. The highest BCUT2D eigenvalue weighted by molar-refractivity contribution is 8.23. The fourth-order valence-electron chi connectivity index (χ4n) is 5.51. The molecule has 2 aliphatic rings. The van der Waals surface area contributed by atoms with Crippen LogP contribution in [0.25, 0.3) is 0 Å². The van der Waals surface area contributed by atoms with E-state index >= 15 is 0 Å². The van der Waals surface area contributed by atoms with Gasteiger partial charge in [0.1, 0.15) is 9.57 Å². The number of piperidine rings is 1. The first-order valence-electron chi connectivity index (χ1n) is 12.5. The zero-order valence-electron chi connectivity index (χ0n) is 20.6. The summed E-state index contributed by atoms with van der Waals surface area (Å²) in [7, 11) is 0. The van der Waals surface area contributed by atoms with Crippen molar-refractivity contribution in [3.63, 3.8) is 0 Å². The predicted octanol–water partition coefficient (Wildman–Crippen LogP) is 5.54. The van der Waals surface area contributed by atoms with Gasteiger partial charge in [-0.05, 0) is 48.4 Å². The van der Waals surface area contributed by atoms with Gasteiger partial charge in [0.15, 0.2) is 0 Å². The number of rotatable bonds is 5. The van der Waals surface area contributed by atoms with Crippen LogP contribution in [0.3, 0.4) is 0 Å². The van der Waals surface area contributed by atoms with E-state index in [0.29, 0.717) is 5.92 Å². The van der Waals surface area contributed by atoms with Crippen LogP contribution in [0.1, 0.15) is 46.9 Å². The van der Waals surface area contributed by atoms with Crippen LogP contribution >= 0.6 is 24.0 Å². The Hall–Kier alpha value is -2.90. The molecule has 0 saturated carbocycles. The minimum Gasteiger partial charge on any atom is -0.356 e. The Balaban J connectivity index is 1.37. The Morgan fingerprint density at radius 2 is 1.83 bits per heavy atom. The fraction of sp³-hybridized carbons (Fsp3) is 0.345. The summed E-state index contributed by atoms with van der Waals surface area (Å²) < 4.78 is 2.67. The molecule has 1 fully saturated rings. The van der Waals surface area contributed by atoms with Crippen molar-refractivity contribution in [2.24, 2.45) is 5.92 Å². The van der Waals surface area contributed by atoms with E-state index in [9.17, 15) is 9.59 Å². The summed E-state index contributed by atoms with van der Waals surface area (Å²) in [6, 6.07) is 21.6. The van der Waals surface area contributed by atoms with Crippen LogP contribution in [0.5, 0.6) is 0 Å². The van der Waals surface area contributed by atoms with Crippen molar-refractivity contribution in [2.75, 3.05) is 18.4 Å². The second kappa shape index (κ2) is 10.6. The molecule has 1 aromatic heterocycles. The van der Waals surface area contributed by atoms with Gasteiger partial charge >= 0.3 is 0 Å². The third-order valence-corrected chi connectivity index (χ3v) is 9.01. The van der Waals surface area contributed by atoms with Crippen molar-refractivity contribution in [3.05, 3.63) is 99.5 Å². The molecule has 36 heavy (non-hydrogen) atoms. The van der Waals surface area contributed by atoms with Gasteiger partial charge in [-0.3, -0.25) is 9.59 Å². The third-order valence-electron chi connectivity index (χ3n) is 7.29. The highest BCUT2D eigenvalue weighted by Crippen LogP contribution is 2.39. The van der Waals surface area contributed by atoms with Crippen LogP contribution < -0.4 is 10.9 Å². The number of benzene rings is 2. The SMILES string of the molecule is CCc1cccc(C)c1NC(=O)[C@@H](SC(=S)N1C[C@@H]2C[C@@H](C1)c1cccc(=O)n1C2)c1ccccc1. The number of hydrogen-bond acceptors (Lipinski definition) is 4. The molecular formula is C29H31N3O2S2. The molecule has 2 aliphatic heterocycles. The molecule has 5 nitrogen and oxygen atoms in total. The summed E-state index contributed by atoms with van der Waals surface area (Å²) in [6.45, 7) is 6.43. The van der Waals surface area contributed by atoms with Crippen molar-refractivity contribution in [2.45, 2.75) is 44.4 Å². The number of carbonyl (C=O) groups is 1.